The first kappa shape index (κ1) is 22.7. The average Bonchev–Trinajstić information content (AvgIpc) is 3.23. The third kappa shape index (κ3) is 6.02. The molecule has 1 heterocycles. The van der Waals surface area contributed by atoms with Crippen molar-refractivity contribution in [2.24, 2.45) is 0 Å². The van der Waals surface area contributed by atoms with Gasteiger partial charge in [-0.15, -0.1) is 10.2 Å². The lowest BCUT2D eigenvalue weighted by atomic mass is 10.1. The molecule has 0 saturated carbocycles. The summed E-state index contributed by atoms with van der Waals surface area (Å²) in [5.74, 6) is -0.242. The van der Waals surface area contributed by atoms with Gasteiger partial charge in [0.2, 0.25) is 5.91 Å². The van der Waals surface area contributed by atoms with Crippen molar-refractivity contribution in [2.45, 2.75) is 32.4 Å². The zero-order valence-electron chi connectivity index (χ0n) is 17.4. The van der Waals surface area contributed by atoms with E-state index in [2.05, 4.69) is 20.8 Å². The molecule has 0 fully saturated rings. The molecule has 2 amide bonds. The fourth-order valence-electron chi connectivity index (χ4n) is 2.82. The summed E-state index contributed by atoms with van der Waals surface area (Å²) < 4.78 is 5.59. The van der Waals surface area contributed by atoms with Crippen molar-refractivity contribution in [1.82, 2.24) is 20.8 Å². The van der Waals surface area contributed by atoms with Crippen molar-refractivity contribution in [3.05, 3.63) is 64.1 Å². The molecular formula is C22H23ClN4O3S. The van der Waals surface area contributed by atoms with Crippen LogP contribution in [0.2, 0.25) is 5.02 Å². The topological polar surface area (TPSA) is 93.2 Å². The van der Waals surface area contributed by atoms with Gasteiger partial charge in [0.05, 0.1) is 11.1 Å². The summed E-state index contributed by atoms with van der Waals surface area (Å²) in [4.78, 5) is 25.1. The molecule has 1 atom stereocenters. The highest BCUT2D eigenvalue weighted by Gasteiger charge is 2.23. The van der Waals surface area contributed by atoms with Gasteiger partial charge in [0.15, 0.2) is 0 Å². The number of nitrogens with zero attached hydrogens (tertiary/aromatic N) is 2. The Kier molecular flexibility index (Phi) is 7.59. The molecule has 7 nitrogen and oxygen atoms in total. The first-order valence-electron chi connectivity index (χ1n) is 9.74. The lowest BCUT2D eigenvalue weighted by molar-refractivity contribution is -0.122. The van der Waals surface area contributed by atoms with Crippen molar-refractivity contribution < 1.29 is 14.3 Å². The number of carbonyl (C=O) groups is 2. The minimum Gasteiger partial charge on any atom is -0.489 e. The largest absolute Gasteiger partial charge is 0.489 e. The van der Waals surface area contributed by atoms with Crippen LogP contribution in [0.1, 0.15) is 29.2 Å². The Balaban J connectivity index is 1.73. The van der Waals surface area contributed by atoms with E-state index in [9.17, 15) is 9.59 Å². The zero-order chi connectivity index (χ0) is 22.4. The van der Waals surface area contributed by atoms with Crippen LogP contribution >= 0.6 is 22.9 Å². The summed E-state index contributed by atoms with van der Waals surface area (Å²) >= 11 is 7.62. The van der Waals surface area contributed by atoms with Crippen LogP contribution in [0.4, 0.5) is 0 Å². The molecule has 162 valence electrons. The van der Waals surface area contributed by atoms with E-state index in [0.717, 1.165) is 10.6 Å². The number of likely N-dealkylation sites (N-methyl/N-ethyl adjacent to an activating group) is 1. The van der Waals surface area contributed by atoms with E-state index < -0.39 is 11.9 Å². The van der Waals surface area contributed by atoms with E-state index in [1.807, 2.05) is 44.2 Å². The average molecular weight is 459 g/mol. The molecule has 0 unspecified atom stereocenters. The summed E-state index contributed by atoms with van der Waals surface area (Å²) in [6.07, 6.45) is 0.181. The maximum absolute atomic E-state index is 12.8. The van der Waals surface area contributed by atoms with Gasteiger partial charge in [0.1, 0.15) is 21.8 Å². The summed E-state index contributed by atoms with van der Waals surface area (Å²) in [7, 11) is 1.52. The number of carbonyl (C=O) groups excluding carboxylic acids is 2. The van der Waals surface area contributed by atoms with E-state index >= 15 is 0 Å². The summed E-state index contributed by atoms with van der Waals surface area (Å²) in [5, 5.41) is 15.4. The predicted molar refractivity (Wildman–Crippen MR) is 122 cm³/mol. The Labute approximate surface area is 189 Å². The molecule has 31 heavy (non-hydrogen) atoms. The van der Waals surface area contributed by atoms with E-state index in [4.69, 9.17) is 16.3 Å². The smallest absolute Gasteiger partial charge is 0.251 e. The number of rotatable bonds is 8. The van der Waals surface area contributed by atoms with Crippen LogP contribution in [0.3, 0.4) is 0 Å². The van der Waals surface area contributed by atoms with Gasteiger partial charge in [0.25, 0.3) is 5.91 Å². The van der Waals surface area contributed by atoms with Crippen LogP contribution in [0, 0.1) is 0 Å². The van der Waals surface area contributed by atoms with E-state index in [0.29, 0.717) is 21.3 Å². The highest BCUT2D eigenvalue weighted by atomic mass is 35.5. The number of ether oxygens (including phenoxy) is 1. The SMILES string of the molecule is CNC(=O)[C@H](Cc1nnc(-c2ccccc2)s1)NC(=O)c1ccc(OC(C)C)c(Cl)c1. The van der Waals surface area contributed by atoms with Gasteiger partial charge in [0, 0.05) is 24.6 Å². The molecule has 1 aromatic heterocycles. The van der Waals surface area contributed by atoms with Gasteiger partial charge in [-0.2, -0.15) is 0 Å². The highest BCUT2D eigenvalue weighted by molar-refractivity contribution is 7.14. The quantitative estimate of drug-likeness (QED) is 0.536. The molecule has 0 radical (unpaired) electrons. The van der Waals surface area contributed by atoms with Gasteiger partial charge in [-0.25, -0.2) is 0 Å². The fraction of sp³-hybridized carbons (Fsp3) is 0.273. The first-order valence-corrected chi connectivity index (χ1v) is 10.9. The van der Waals surface area contributed by atoms with Crippen molar-refractivity contribution in [1.29, 1.82) is 0 Å². The number of hydrogen-bond donors (Lipinski definition) is 2. The second-order valence-corrected chi connectivity index (χ2v) is 8.49. The van der Waals surface area contributed by atoms with Gasteiger partial charge in [-0.3, -0.25) is 9.59 Å². The maximum Gasteiger partial charge on any atom is 0.251 e. The fourth-order valence-corrected chi connectivity index (χ4v) is 3.94. The first-order chi connectivity index (χ1) is 14.9. The Hall–Kier alpha value is -2.97. The van der Waals surface area contributed by atoms with Gasteiger partial charge >= 0.3 is 0 Å². The number of amides is 2. The van der Waals surface area contributed by atoms with E-state index in [-0.39, 0.29) is 18.4 Å². The lowest BCUT2D eigenvalue weighted by Gasteiger charge is -2.17. The summed E-state index contributed by atoms with van der Waals surface area (Å²) in [6, 6.07) is 13.6. The molecule has 3 aromatic rings. The van der Waals surface area contributed by atoms with Crippen molar-refractivity contribution in [3.63, 3.8) is 0 Å². The Bertz CT molecular complexity index is 1060. The van der Waals surface area contributed by atoms with Crippen LogP contribution in [0.5, 0.6) is 5.75 Å². The third-order valence-electron chi connectivity index (χ3n) is 4.29. The standard InChI is InChI=1S/C22H23ClN4O3S/c1-13(2)30-18-10-9-15(11-16(18)23)20(28)25-17(21(29)24-3)12-19-26-27-22(31-19)14-7-5-4-6-8-14/h4-11,13,17H,12H2,1-3H3,(H,24,29)(H,25,28)/t17-/m0/s1. The summed E-state index contributed by atoms with van der Waals surface area (Å²) in [5.41, 5.74) is 1.28. The third-order valence-corrected chi connectivity index (χ3v) is 5.58. The number of hydrogen-bond acceptors (Lipinski definition) is 6. The molecule has 0 spiro atoms. The maximum atomic E-state index is 12.8. The van der Waals surface area contributed by atoms with Gasteiger partial charge < -0.3 is 15.4 Å². The number of nitrogens with one attached hydrogen (secondary N) is 2. The molecule has 0 aliphatic heterocycles. The van der Waals surface area contributed by atoms with Crippen LogP contribution in [-0.2, 0) is 11.2 Å². The van der Waals surface area contributed by atoms with Crippen molar-refractivity contribution in [2.75, 3.05) is 7.05 Å². The molecular weight excluding hydrogens is 436 g/mol. The van der Waals surface area contributed by atoms with Crippen LogP contribution < -0.4 is 15.4 Å². The molecule has 9 heteroatoms. The second kappa shape index (κ2) is 10.4. The van der Waals surface area contributed by atoms with Gasteiger partial charge in [-0.05, 0) is 32.0 Å². The molecule has 2 aromatic carbocycles. The number of halogens is 1. The monoisotopic (exact) mass is 458 g/mol. The van der Waals surface area contributed by atoms with Crippen LogP contribution in [-0.4, -0.2) is 41.2 Å². The van der Waals surface area contributed by atoms with Crippen LogP contribution in [0.25, 0.3) is 10.6 Å². The van der Waals surface area contributed by atoms with Crippen molar-refractivity contribution in [3.8, 4) is 16.3 Å². The normalized spacial score (nSPS) is 11.8. The molecule has 3 rings (SSSR count). The second-order valence-electron chi connectivity index (χ2n) is 7.02. The molecule has 0 aliphatic carbocycles. The highest BCUT2D eigenvalue weighted by Crippen LogP contribution is 2.27. The molecule has 0 saturated heterocycles. The molecule has 2 N–H and O–H groups in total. The number of benzene rings is 2. The number of aromatic nitrogens is 2. The van der Waals surface area contributed by atoms with E-state index in [1.54, 1.807) is 12.1 Å². The summed E-state index contributed by atoms with van der Waals surface area (Å²) in [6.45, 7) is 3.78. The predicted octanol–water partition coefficient (Wildman–Crippen LogP) is 3.73. The van der Waals surface area contributed by atoms with Crippen LogP contribution in [0.15, 0.2) is 48.5 Å². The molecule has 0 aliphatic rings. The lowest BCUT2D eigenvalue weighted by Crippen LogP contribution is -2.47. The minimum atomic E-state index is -0.806. The van der Waals surface area contributed by atoms with Crippen molar-refractivity contribution >= 4 is 34.8 Å². The minimum absolute atomic E-state index is 0.0394. The molecule has 0 bridgehead atoms. The zero-order valence-corrected chi connectivity index (χ0v) is 19.0. The van der Waals surface area contributed by atoms with Gasteiger partial charge in [-0.1, -0.05) is 53.3 Å². The van der Waals surface area contributed by atoms with E-state index in [1.165, 1.54) is 24.5 Å². The Morgan fingerprint density at radius 2 is 1.87 bits per heavy atom. The Morgan fingerprint density at radius 1 is 1.13 bits per heavy atom. The Morgan fingerprint density at radius 3 is 2.52 bits per heavy atom.